The third-order valence-corrected chi connectivity index (χ3v) is 2.50. The van der Waals surface area contributed by atoms with Crippen molar-refractivity contribution in [2.24, 2.45) is 5.92 Å². The van der Waals surface area contributed by atoms with Gasteiger partial charge in [-0.15, -0.1) is 0 Å². The Morgan fingerprint density at radius 2 is 1.89 bits per heavy atom. The number of aliphatic hydroxyl groups excluding tert-OH is 1. The summed E-state index contributed by atoms with van der Waals surface area (Å²) in [5, 5.41) is 11.5. The SMILES string of the molecule is CC(C)CCC(=O)NCC(CO)OC(=O)C(Cl)Cl.[V]. The fraction of sp³-hybridized carbons (Fsp3) is 0.818. The Labute approximate surface area is 135 Å². The van der Waals surface area contributed by atoms with Crippen LogP contribution in [-0.4, -0.2) is 41.1 Å². The van der Waals surface area contributed by atoms with Crippen LogP contribution in [0.15, 0.2) is 0 Å². The van der Waals surface area contributed by atoms with Crippen molar-refractivity contribution in [1.82, 2.24) is 5.32 Å². The molecule has 1 atom stereocenters. The van der Waals surface area contributed by atoms with Crippen LogP contribution in [0.25, 0.3) is 0 Å². The number of carbonyl (C=O) groups is 2. The number of hydrogen-bond acceptors (Lipinski definition) is 4. The molecule has 2 N–H and O–H groups in total. The van der Waals surface area contributed by atoms with E-state index in [0.29, 0.717) is 12.3 Å². The van der Waals surface area contributed by atoms with Crippen molar-refractivity contribution in [3.05, 3.63) is 0 Å². The Kier molecular flexibility index (Phi) is 13.3. The molecule has 0 fully saturated rings. The van der Waals surface area contributed by atoms with Crippen molar-refractivity contribution in [2.75, 3.05) is 13.2 Å². The first-order valence-electron chi connectivity index (χ1n) is 5.73. The van der Waals surface area contributed by atoms with Gasteiger partial charge < -0.3 is 15.2 Å². The average Bonchev–Trinajstić information content (AvgIpc) is 2.31. The van der Waals surface area contributed by atoms with Crippen LogP contribution >= 0.6 is 23.2 Å². The Balaban J connectivity index is 0. The molecular weight excluding hydrogens is 332 g/mol. The van der Waals surface area contributed by atoms with Crippen molar-refractivity contribution in [1.29, 1.82) is 0 Å². The quantitative estimate of drug-likeness (QED) is 0.510. The number of ether oxygens (including phenoxy) is 1. The van der Waals surface area contributed by atoms with Gasteiger partial charge in [-0.25, -0.2) is 4.79 Å². The summed E-state index contributed by atoms with van der Waals surface area (Å²) >= 11 is 10.6. The molecule has 0 saturated heterocycles. The summed E-state index contributed by atoms with van der Waals surface area (Å²) in [6.07, 6.45) is 0.346. The van der Waals surface area contributed by atoms with Crippen LogP contribution in [0.5, 0.6) is 0 Å². The summed E-state index contributed by atoms with van der Waals surface area (Å²) in [7, 11) is 0. The molecule has 0 bridgehead atoms. The van der Waals surface area contributed by atoms with Gasteiger partial charge in [0.05, 0.1) is 13.2 Å². The van der Waals surface area contributed by atoms with Crippen LogP contribution in [0.3, 0.4) is 0 Å². The number of esters is 1. The number of aliphatic hydroxyl groups is 1. The fourth-order valence-corrected chi connectivity index (χ4v) is 1.20. The Morgan fingerprint density at radius 3 is 2.32 bits per heavy atom. The van der Waals surface area contributed by atoms with Crippen LogP contribution in [-0.2, 0) is 32.9 Å². The molecule has 19 heavy (non-hydrogen) atoms. The molecule has 111 valence electrons. The second-order valence-electron chi connectivity index (χ2n) is 4.28. The van der Waals surface area contributed by atoms with E-state index in [-0.39, 0.29) is 31.0 Å². The van der Waals surface area contributed by atoms with E-state index in [9.17, 15) is 9.59 Å². The molecular formula is C11H19Cl2NO4V. The maximum absolute atomic E-state index is 11.4. The van der Waals surface area contributed by atoms with Crippen LogP contribution in [0.1, 0.15) is 26.7 Å². The van der Waals surface area contributed by atoms with Crippen molar-refractivity contribution in [2.45, 2.75) is 37.6 Å². The van der Waals surface area contributed by atoms with Crippen molar-refractivity contribution in [3.63, 3.8) is 0 Å². The van der Waals surface area contributed by atoms with Gasteiger partial charge in [0.15, 0.2) is 0 Å². The molecule has 5 nitrogen and oxygen atoms in total. The third-order valence-electron chi connectivity index (χ3n) is 2.14. The van der Waals surface area contributed by atoms with Crippen molar-refractivity contribution < 1.29 is 38.0 Å². The predicted molar refractivity (Wildman–Crippen MR) is 69.5 cm³/mol. The predicted octanol–water partition coefficient (Wildman–Crippen LogP) is 1.24. The normalized spacial score (nSPS) is 11.9. The molecule has 0 rings (SSSR count). The van der Waals surface area contributed by atoms with Crippen LogP contribution in [0.4, 0.5) is 0 Å². The average molecular weight is 351 g/mol. The zero-order chi connectivity index (χ0) is 14.1. The molecule has 0 aromatic heterocycles. The van der Waals surface area contributed by atoms with E-state index >= 15 is 0 Å². The molecule has 8 heteroatoms. The first-order valence-corrected chi connectivity index (χ1v) is 6.60. The number of carbonyl (C=O) groups excluding carboxylic acids is 2. The monoisotopic (exact) mass is 350 g/mol. The maximum Gasteiger partial charge on any atom is 0.339 e. The molecule has 0 aliphatic carbocycles. The van der Waals surface area contributed by atoms with Crippen LogP contribution < -0.4 is 5.32 Å². The molecule has 0 spiro atoms. The van der Waals surface area contributed by atoms with Crippen molar-refractivity contribution >= 4 is 35.1 Å². The minimum absolute atomic E-state index is 0. The van der Waals surface area contributed by atoms with Gasteiger partial charge in [-0.1, -0.05) is 37.0 Å². The first kappa shape index (κ1) is 21.4. The van der Waals surface area contributed by atoms with Gasteiger partial charge in [0.2, 0.25) is 10.7 Å². The first-order chi connectivity index (χ1) is 8.36. The van der Waals surface area contributed by atoms with Gasteiger partial charge in [0.1, 0.15) is 6.10 Å². The number of nitrogens with one attached hydrogen (secondary N) is 1. The summed E-state index contributed by atoms with van der Waals surface area (Å²) < 4.78 is 4.77. The summed E-state index contributed by atoms with van der Waals surface area (Å²) in [4.78, 5) is 21.2. The number of amides is 1. The molecule has 0 aliphatic rings. The zero-order valence-electron chi connectivity index (χ0n) is 10.9. The third kappa shape index (κ3) is 11.6. The molecule has 1 radical (unpaired) electrons. The topological polar surface area (TPSA) is 75.6 Å². The summed E-state index contributed by atoms with van der Waals surface area (Å²) in [6.45, 7) is 3.68. The molecule has 0 saturated carbocycles. The van der Waals surface area contributed by atoms with E-state index in [2.05, 4.69) is 5.32 Å². The van der Waals surface area contributed by atoms with E-state index in [1.165, 1.54) is 0 Å². The minimum Gasteiger partial charge on any atom is -0.456 e. The van der Waals surface area contributed by atoms with Gasteiger partial charge in [0.25, 0.3) is 0 Å². The molecule has 0 aromatic rings. The summed E-state index contributed by atoms with van der Waals surface area (Å²) in [6, 6.07) is 0. The smallest absolute Gasteiger partial charge is 0.339 e. The van der Waals surface area contributed by atoms with Gasteiger partial charge in [-0.2, -0.15) is 0 Å². The zero-order valence-corrected chi connectivity index (χ0v) is 13.8. The minimum atomic E-state index is -1.30. The number of alkyl halides is 2. The van der Waals surface area contributed by atoms with Gasteiger partial charge in [0, 0.05) is 25.0 Å². The molecule has 1 amide bonds. The van der Waals surface area contributed by atoms with E-state index < -0.39 is 23.5 Å². The number of hydrogen-bond donors (Lipinski definition) is 2. The maximum atomic E-state index is 11.4. The summed E-state index contributed by atoms with van der Waals surface area (Å²) in [5.41, 5.74) is 0. The standard InChI is InChI=1S/C11H19Cl2NO4.V/c1-7(2)3-4-9(16)14-5-8(6-15)18-11(17)10(12)13;/h7-8,10,15H,3-6H2,1-2H3,(H,14,16);. The molecule has 0 heterocycles. The summed E-state index contributed by atoms with van der Waals surface area (Å²) in [5.74, 6) is -0.546. The van der Waals surface area contributed by atoms with E-state index in [0.717, 1.165) is 6.42 Å². The van der Waals surface area contributed by atoms with Gasteiger partial charge in [-0.3, -0.25) is 4.79 Å². The van der Waals surface area contributed by atoms with E-state index in [1.807, 2.05) is 13.8 Å². The molecule has 0 aliphatic heterocycles. The van der Waals surface area contributed by atoms with Crippen LogP contribution in [0, 0.1) is 5.92 Å². The Morgan fingerprint density at radius 1 is 1.32 bits per heavy atom. The number of halogens is 2. The Bertz CT molecular complexity index is 277. The molecule has 0 aromatic carbocycles. The second-order valence-corrected chi connectivity index (χ2v) is 5.38. The molecule has 1 unspecified atom stereocenters. The van der Waals surface area contributed by atoms with Crippen LogP contribution in [0.2, 0.25) is 0 Å². The number of rotatable bonds is 8. The second kappa shape index (κ2) is 11.9. The van der Waals surface area contributed by atoms with Crippen molar-refractivity contribution in [3.8, 4) is 0 Å². The van der Waals surface area contributed by atoms with Gasteiger partial charge >= 0.3 is 5.97 Å². The van der Waals surface area contributed by atoms with E-state index in [1.54, 1.807) is 0 Å². The van der Waals surface area contributed by atoms with Gasteiger partial charge in [-0.05, 0) is 12.3 Å². The fourth-order valence-electron chi connectivity index (χ4n) is 1.10. The van der Waals surface area contributed by atoms with E-state index in [4.69, 9.17) is 33.0 Å². The Hall–Kier alpha value is 0.0644. The largest absolute Gasteiger partial charge is 0.456 e.